The lowest BCUT2D eigenvalue weighted by Gasteiger charge is -2.34. The highest BCUT2D eigenvalue weighted by atomic mass is 16.5. The number of aliphatic carboxylic acids is 1. The zero-order valence-corrected chi connectivity index (χ0v) is 20.0. The number of amides is 1. The van der Waals surface area contributed by atoms with E-state index in [9.17, 15) is 29.7 Å². The molecule has 1 saturated carbocycles. The van der Waals surface area contributed by atoms with E-state index in [1.54, 1.807) is 0 Å². The number of carboxylic acids is 1. The number of esters is 1. The van der Waals surface area contributed by atoms with Crippen molar-refractivity contribution in [3.8, 4) is 23.0 Å². The van der Waals surface area contributed by atoms with Gasteiger partial charge in [-0.3, -0.25) is 4.79 Å². The van der Waals surface area contributed by atoms with Crippen LogP contribution in [0.2, 0.25) is 0 Å². The predicted octanol–water partition coefficient (Wildman–Crippen LogP) is 2.27. The molecule has 1 aliphatic carbocycles. The van der Waals surface area contributed by atoms with Gasteiger partial charge >= 0.3 is 11.9 Å². The molecule has 0 saturated heterocycles. The SMILES string of the molecule is CNC(=O)C1(O)CCCC(OC(=O)/C=C/c2ccc(O)c(O)c2)C1.O=C(O)/C=C/c1ccc(O)c(O)c1. The summed E-state index contributed by atoms with van der Waals surface area (Å²) < 4.78 is 5.28. The number of aliphatic hydroxyl groups is 1. The molecule has 11 heteroatoms. The third-order valence-corrected chi connectivity index (χ3v) is 5.44. The summed E-state index contributed by atoms with van der Waals surface area (Å²) in [5.41, 5.74) is -0.477. The van der Waals surface area contributed by atoms with Gasteiger partial charge in [0.1, 0.15) is 11.7 Å². The topological polar surface area (TPSA) is 194 Å². The molecule has 0 spiro atoms. The van der Waals surface area contributed by atoms with Gasteiger partial charge in [0.15, 0.2) is 23.0 Å². The van der Waals surface area contributed by atoms with Crippen LogP contribution in [-0.2, 0) is 19.1 Å². The molecule has 2 atom stereocenters. The van der Waals surface area contributed by atoms with E-state index in [2.05, 4.69) is 5.32 Å². The van der Waals surface area contributed by atoms with E-state index in [1.807, 2.05) is 0 Å². The quantitative estimate of drug-likeness (QED) is 0.170. The molecule has 2 aromatic carbocycles. The predicted molar refractivity (Wildman–Crippen MR) is 133 cm³/mol. The molecule has 1 fully saturated rings. The van der Waals surface area contributed by atoms with Gasteiger partial charge in [-0.2, -0.15) is 0 Å². The minimum Gasteiger partial charge on any atom is -0.504 e. The van der Waals surface area contributed by atoms with E-state index in [0.717, 1.165) is 6.08 Å². The van der Waals surface area contributed by atoms with E-state index in [-0.39, 0.29) is 29.4 Å². The van der Waals surface area contributed by atoms with Crippen molar-refractivity contribution >= 4 is 30.0 Å². The number of likely N-dealkylation sites (N-methyl/N-ethyl adjacent to an activating group) is 1. The van der Waals surface area contributed by atoms with Crippen molar-refractivity contribution < 1.29 is 49.8 Å². The molecule has 1 aliphatic rings. The zero-order valence-electron chi connectivity index (χ0n) is 20.0. The van der Waals surface area contributed by atoms with Gasteiger partial charge in [0.25, 0.3) is 5.91 Å². The molecular formula is C26H29NO10. The monoisotopic (exact) mass is 515 g/mol. The maximum absolute atomic E-state index is 11.9. The van der Waals surface area contributed by atoms with Crippen LogP contribution in [0, 0.1) is 0 Å². The zero-order chi connectivity index (χ0) is 27.6. The lowest BCUT2D eigenvalue weighted by molar-refractivity contribution is -0.158. The average molecular weight is 516 g/mol. The Kier molecular flexibility index (Phi) is 10.1. The number of nitrogens with one attached hydrogen (secondary N) is 1. The van der Waals surface area contributed by atoms with Gasteiger partial charge < -0.3 is 40.7 Å². The van der Waals surface area contributed by atoms with Crippen molar-refractivity contribution in [1.82, 2.24) is 5.32 Å². The fourth-order valence-corrected chi connectivity index (χ4v) is 3.57. The number of phenols is 4. The highest BCUT2D eigenvalue weighted by molar-refractivity contribution is 5.88. The molecule has 198 valence electrons. The molecule has 2 aromatic rings. The summed E-state index contributed by atoms with van der Waals surface area (Å²) >= 11 is 0. The van der Waals surface area contributed by atoms with Crippen molar-refractivity contribution in [2.75, 3.05) is 7.05 Å². The van der Waals surface area contributed by atoms with Crippen molar-refractivity contribution in [3.05, 3.63) is 59.7 Å². The number of carboxylic acid groups (broad SMARTS) is 1. The maximum Gasteiger partial charge on any atom is 0.331 e. The third-order valence-electron chi connectivity index (χ3n) is 5.44. The van der Waals surface area contributed by atoms with Gasteiger partial charge in [-0.1, -0.05) is 12.1 Å². The van der Waals surface area contributed by atoms with Crippen LogP contribution in [0.5, 0.6) is 23.0 Å². The molecule has 11 nitrogen and oxygen atoms in total. The lowest BCUT2D eigenvalue weighted by Crippen LogP contribution is -2.50. The van der Waals surface area contributed by atoms with Gasteiger partial charge in [-0.25, -0.2) is 9.59 Å². The molecule has 0 aromatic heterocycles. The van der Waals surface area contributed by atoms with Gasteiger partial charge in [0, 0.05) is 25.6 Å². The van der Waals surface area contributed by atoms with Gasteiger partial charge in [-0.15, -0.1) is 0 Å². The molecular weight excluding hydrogens is 486 g/mol. The number of hydrogen-bond donors (Lipinski definition) is 7. The number of carbonyl (C=O) groups is 3. The fourth-order valence-electron chi connectivity index (χ4n) is 3.57. The maximum atomic E-state index is 11.9. The largest absolute Gasteiger partial charge is 0.504 e. The Labute approximate surface area is 212 Å². The van der Waals surface area contributed by atoms with Crippen molar-refractivity contribution in [3.63, 3.8) is 0 Å². The summed E-state index contributed by atoms with van der Waals surface area (Å²) in [5.74, 6) is -3.17. The van der Waals surface area contributed by atoms with E-state index >= 15 is 0 Å². The second kappa shape index (κ2) is 13.0. The summed E-state index contributed by atoms with van der Waals surface area (Å²) in [4.78, 5) is 33.7. The Morgan fingerprint density at radius 1 is 0.919 bits per heavy atom. The first-order chi connectivity index (χ1) is 17.4. The lowest BCUT2D eigenvalue weighted by atomic mass is 9.82. The molecule has 37 heavy (non-hydrogen) atoms. The number of aromatic hydroxyl groups is 4. The number of benzene rings is 2. The highest BCUT2D eigenvalue weighted by Gasteiger charge is 2.41. The Morgan fingerprint density at radius 3 is 1.95 bits per heavy atom. The third kappa shape index (κ3) is 8.89. The van der Waals surface area contributed by atoms with E-state index < -0.39 is 29.6 Å². The van der Waals surface area contributed by atoms with Crippen LogP contribution in [0.4, 0.5) is 0 Å². The van der Waals surface area contributed by atoms with Gasteiger partial charge in [-0.05, 0) is 66.8 Å². The smallest absolute Gasteiger partial charge is 0.331 e. The van der Waals surface area contributed by atoms with E-state index in [4.69, 9.17) is 20.1 Å². The first kappa shape index (κ1) is 28.7. The number of ether oxygens (including phenoxy) is 1. The van der Waals surface area contributed by atoms with Crippen LogP contribution in [0.1, 0.15) is 36.8 Å². The Balaban J connectivity index is 0.000000312. The van der Waals surface area contributed by atoms with Crippen LogP contribution < -0.4 is 5.32 Å². The summed E-state index contributed by atoms with van der Waals surface area (Å²) in [5, 5.41) is 57.6. The normalized spacial score (nSPS) is 19.1. The molecule has 0 bridgehead atoms. The first-order valence-corrected chi connectivity index (χ1v) is 11.2. The van der Waals surface area contributed by atoms with Crippen LogP contribution in [0.25, 0.3) is 12.2 Å². The highest BCUT2D eigenvalue weighted by Crippen LogP contribution is 2.31. The van der Waals surface area contributed by atoms with Crippen LogP contribution in [-0.4, -0.2) is 67.2 Å². The van der Waals surface area contributed by atoms with Gasteiger partial charge in [0.05, 0.1) is 0 Å². The van der Waals surface area contributed by atoms with Crippen LogP contribution in [0.15, 0.2) is 48.6 Å². The van der Waals surface area contributed by atoms with Gasteiger partial charge in [0.2, 0.25) is 0 Å². The Morgan fingerprint density at radius 2 is 1.46 bits per heavy atom. The molecule has 7 N–H and O–H groups in total. The Bertz CT molecular complexity index is 1190. The van der Waals surface area contributed by atoms with Crippen LogP contribution >= 0.6 is 0 Å². The second-order valence-electron chi connectivity index (χ2n) is 8.27. The number of carbonyl (C=O) groups excluding carboxylic acids is 2. The number of rotatable bonds is 6. The van der Waals surface area contributed by atoms with E-state index in [0.29, 0.717) is 30.4 Å². The molecule has 0 aliphatic heterocycles. The van der Waals surface area contributed by atoms with Crippen molar-refractivity contribution in [2.24, 2.45) is 0 Å². The summed E-state index contributed by atoms with van der Waals surface area (Å²) in [6.07, 6.45) is 5.93. The molecule has 0 radical (unpaired) electrons. The van der Waals surface area contributed by atoms with Crippen LogP contribution in [0.3, 0.4) is 0 Å². The molecule has 3 rings (SSSR count). The van der Waals surface area contributed by atoms with E-state index in [1.165, 1.54) is 61.7 Å². The Hall–Kier alpha value is -4.51. The van der Waals surface area contributed by atoms with Crippen molar-refractivity contribution in [1.29, 1.82) is 0 Å². The minimum absolute atomic E-state index is 0.0618. The van der Waals surface area contributed by atoms with Crippen molar-refractivity contribution in [2.45, 2.75) is 37.4 Å². The summed E-state index contributed by atoms with van der Waals surface area (Å²) in [6.45, 7) is 0. The molecule has 2 unspecified atom stereocenters. The second-order valence-corrected chi connectivity index (χ2v) is 8.27. The summed E-state index contributed by atoms with van der Waals surface area (Å²) in [7, 11) is 1.45. The summed E-state index contributed by atoms with van der Waals surface area (Å²) in [6, 6.07) is 8.21. The average Bonchev–Trinajstić information content (AvgIpc) is 2.85. The molecule has 1 amide bonds. The number of phenolic OH excluding ortho intramolecular Hbond substituents is 4. The standard InChI is InChI=1S/C17H21NO6.C9H8O4/c1-18-16(22)17(23)8-2-3-12(10-17)24-15(21)7-5-11-4-6-13(19)14(20)9-11;10-7-3-1-6(5-8(7)11)2-4-9(12)13/h4-7,9,12,19-20,23H,2-3,8,10H2,1H3,(H,18,22);1-5,10-11H,(H,12,13)/b7-5+;4-2+. The number of hydrogen-bond acceptors (Lipinski definition) is 9. The minimum atomic E-state index is -1.51. The fraction of sp³-hybridized carbons (Fsp3) is 0.269. The molecule has 0 heterocycles. The first-order valence-electron chi connectivity index (χ1n) is 11.2.